The van der Waals surface area contributed by atoms with Crippen molar-refractivity contribution in [2.24, 2.45) is 0 Å². The second-order valence-corrected chi connectivity index (χ2v) is 4.60. The molecular formula is C15H18N2O3. The summed E-state index contributed by atoms with van der Waals surface area (Å²) >= 11 is 0. The number of oxazole rings is 1. The zero-order chi connectivity index (χ0) is 14.7. The number of anilines is 1. The van der Waals surface area contributed by atoms with Gasteiger partial charge in [0.2, 0.25) is 11.7 Å². The zero-order valence-electron chi connectivity index (χ0n) is 12.1. The van der Waals surface area contributed by atoms with Gasteiger partial charge in [-0.2, -0.15) is 0 Å². The second kappa shape index (κ2) is 5.77. The molecule has 2 aromatic rings. The van der Waals surface area contributed by atoms with E-state index in [-0.39, 0.29) is 5.76 Å². The van der Waals surface area contributed by atoms with Crippen LogP contribution in [0.25, 0.3) is 11.5 Å². The number of nitrogens with zero attached hydrogens (tertiary/aromatic N) is 2. The Morgan fingerprint density at radius 3 is 2.50 bits per heavy atom. The molecule has 0 aliphatic carbocycles. The maximum atomic E-state index is 11.7. The van der Waals surface area contributed by atoms with Crippen molar-refractivity contribution >= 4 is 11.7 Å². The SMILES string of the molecule is CCOC(=O)c1oc(-c2ccc(N(C)C)cc2)nc1C. The molecule has 1 aromatic carbocycles. The van der Waals surface area contributed by atoms with Crippen LogP contribution in [0.4, 0.5) is 5.69 Å². The monoisotopic (exact) mass is 274 g/mol. The van der Waals surface area contributed by atoms with E-state index in [1.54, 1.807) is 13.8 Å². The predicted octanol–water partition coefficient (Wildman–Crippen LogP) is 2.89. The maximum absolute atomic E-state index is 11.7. The van der Waals surface area contributed by atoms with Gasteiger partial charge in [-0.25, -0.2) is 9.78 Å². The van der Waals surface area contributed by atoms with Crippen molar-refractivity contribution in [1.82, 2.24) is 4.98 Å². The highest BCUT2D eigenvalue weighted by molar-refractivity contribution is 5.87. The number of hydrogen-bond acceptors (Lipinski definition) is 5. The fourth-order valence-corrected chi connectivity index (χ4v) is 1.81. The molecule has 0 saturated heterocycles. The third kappa shape index (κ3) is 2.82. The molecule has 0 unspecified atom stereocenters. The molecule has 1 aromatic heterocycles. The van der Waals surface area contributed by atoms with Gasteiger partial charge in [0, 0.05) is 25.3 Å². The fraction of sp³-hybridized carbons (Fsp3) is 0.333. The molecule has 20 heavy (non-hydrogen) atoms. The number of rotatable bonds is 4. The molecule has 106 valence electrons. The predicted molar refractivity (Wildman–Crippen MR) is 77.0 cm³/mol. The maximum Gasteiger partial charge on any atom is 0.376 e. The lowest BCUT2D eigenvalue weighted by atomic mass is 10.2. The van der Waals surface area contributed by atoms with Crippen LogP contribution in [-0.2, 0) is 4.74 Å². The molecule has 5 heteroatoms. The standard InChI is InChI=1S/C15H18N2O3/c1-5-19-15(18)13-10(2)16-14(20-13)11-6-8-12(9-7-11)17(3)4/h6-9H,5H2,1-4H3. The van der Waals surface area contributed by atoms with Crippen LogP contribution in [0, 0.1) is 6.92 Å². The van der Waals surface area contributed by atoms with Crippen molar-refractivity contribution in [2.45, 2.75) is 13.8 Å². The first-order chi connectivity index (χ1) is 9.52. The number of aromatic nitrogens is 1. The van der Waals surface area contributed by atoms with Crippen molar-refractivity contribution in [1.29, 1.82) is 0 Å². The lowest BCUT2D eigenvalue weighted by Crippen LogP contribution is -2.07. The van der Waals surface area contributed by atoms with E-state index in [9.17, 15) is 4.79 Å². The van der Waals surface area contributed by atoms with Gasteiger partial charge >= 0.3 is 5.97 Å². The quantitative estimate of drug-likeness (QED) is 0.802. The fourth-order valence-electron chi connectivity index (χ4n) is 1.81. The molecule has 0 fully saturated rings. The summed E-state index contributed by atoms with van der Waals surface area (Å²) in [5.41, 5.74) is 2.45. The minimum atomic E-state index is -0.478. The molecule has 0 amide bonds. The van der Waals surface area contributed by atoms with E-state index in [1.165, 1.54) is 0 Å². The Kier molecular flexibility index (Phi) is 4.08. The van der Waals surface area contributed by atoms with Gasteiger partial charge < -0.3 is 14.1 Å². The average molecular weight is 274 g/mol. The number of carbonyl (C=O) groups is 1. The smallest absolute Gasteiger partial charge is 0.376 e. The average Bonchev–Trinajstić information content (AvgIpc) is 2.81. The number of carbonyl (C=O) groups excluding carboxylic acids is 1. The van der Waals surface area contributed by atoms with Crippen LogP contribution >= 0.6 is 0 Å². The van der Waals surface area contributed by atoms with Gasteiger partial charge in [-0.15, -0.1) is 0 Å². The molecule has 0 spiro atoms. The van der Waals surface area contributed by atoms with E-state index in [2.05, 4.69) is 4.98 Å². The Bertz CT molecular complexity index is 600. The summed E-state index contributed by atoms with van der Waals surface area (Å²) in [5, 5.41) is 0. The molecule has 0 N–H and O–H groups in total. The topological polar surface area (TPSA) is 55.6 Å². The third-order valence-electron chi connectivity index (χ3n) is 2.89. The van der Waals surface area contributed by atoms with Gasteiger partial charge in [0.15, 0.2) is 0 Å². The zero-order valence-corrected chi connectivity index (χ0v) is 12.1. The number of benzene rings is 1. The van der Waals surface area contributed by atoms with Crippen LogP contribution in [-0.4, -0.2) is 31.7 Å². The van der Waals surface area contributed by atoms with Gasteiger partial charge in [-0.1, -0.05) is 0 Å². The van der Waals surface area contributed by atoms with E-state index in [4.69, 9.17) is 9.15 Å². The minimum absolute atomic E-state index is 0.165. The Labute approximate surface area is 118 Å². The molecule has 0 aliphatic heterocycles. The summed E-state index contributed by atoms with van der Waals surface area (Å²) in [6.07, 6.45) is 0. The normalized spacial score (nSPS) is 10.4. The Hall–Kier alpha value is -2.30. The lowest BCUT2D eigenvalue weighted by molar-refractivity contribution is 0.0490. The van der Waals surface area contributed by atoms with Gasteiger partial charge in [0.25, 0.3) is 0 Å². The van der Waals surface area contributed by atoms with E-state index in [0.29, 0.717) is 18.2 Å². The summed E-state index contributed by atoms with van der Waals surface area (Å²) < 4.78 is 10.4. The molecule has 1 heterocycles. The van der Waals surface area contributed by atoms with Gasteiger partial charge in [-0.05, 0) is 38.1 Å². The number of ether oxygens (including phenoxy) is 1. The van der Waals surface area contributed by atoms with Crippen molar-refractivity contribution in [3.63, 3.8) is 0 Å². The van der Waals surface area contributed by atoms with Gasteiger partial charge in [0.1, 0.15) is 0 Å². The van der Waals surface area contributed by atoms with Crippen LogP contribution in [0.1, 0.15) is 23.2 Å². The van der Waals surface area contributed by atoms with E-state index in [0.717, 1.165) is 11.3 Å². The van der Waals surface area contributed by atoms with Gasteiger partial charge in [-0.3, -0.25) is 0 Å². The van der Waals surface area contributed by atoms with Crippen LogP contribution in [0.15, 0.2) is 28.7 Å². The summed E-state index contributed by atoms with van der Waals surface area (Å²) in [7, 11) is 3.95. The first-order valence-electron chi connectivity index (χ1n) is 6.45. The molecule has 2 rings (SSSR count). The molecule has 0 radical (unpaired) electrons. The second-order valence-electron chi connectivity index (χ2n) is 4.60. The molecule has 0 aliphatic rings. The van der Waals surface area contributed by atoms with Gasteiger partial charge in [0.05, 0.1) is 12.3 Å². The van der Waals surface area contributed by atoms with E-state index < -0.39 is 5.97 Å². The molecular weight excluding hydrogens is 256 g/mol. The van der Waals surface area contributed by atoms with Crippen LogP contribution in [0.3, 0.4) is 0 Å². The lowest BCUT2D eigenvalue weighted by Gasteiger charge is -2.11. The van der Waals surface area contributed by atoms with Crippen LogP contribution in [0.5, 0.6) is 0 Å². The molecule has 0 saturated carbocycles. The van der Waals surface area contributed by atoms with E-state index in [1.807, 2.05) is 43.3 Å². The summed E-state index contributed by atoms with van der Waals surface area (Å²) in [6, 6.07) is 7.77. The highest BCUT2D eigenvalue weighted by Crippen LogP contribution is 2.24. The summed E-state index contributed by atoms with van der Waals surface area (Å²) in [6.45, 7) is 3.80. The highest BCUT2D eigenvalue weighted by atomic mass is 16.5. The summed E-state index contributed by atoms with van der Waals surface area (Å²) in [5.74, 6) is 0.114. The van der Waals surface area contributed by atoms with Crippen molar-refractivity contribution in [3.8, 4) is 11.5 Å². The highest BCUT2D eigenvalue weighted by Gasteiger charge is 2.19. The molecule has 0 atom stereocenters. The number of aryl methyl sites for hydroxylation is 1. The van der Waals surface area contributed by atoms with Crippen LogP contribution < -0.4 is 4.90 Å². The summed E-state index contributed by atoms with van der Waals surface area (Å²) in [4.78, 5) is 18.0. The van der Waals surface area contributed by atoms with Crippen molar-refractivity contribution < 1.29 is 13.9 Å². The molecule has 0 bridgehead atoms. The largest absolute Gasteiger partial charge is 0.460 e. The van der Waals surface area contributed by atoms with Crippen molar-refractivity contribution in [2.75, 3.05) is 25.6 Å². The van der Waals surface area contributed by atoms with Crippen molar-refractivity contribution in [3.05, 3.63) is 35.7 Å². The van der Waals surface area contributed by atoms with Crippen LogP contribution in [0.2, 0.25) is 0 Å². The first-order valence-corrected chi connectivity index (χ1v) is 6.45. The third-order valence-corrected chi connectivity index (χ3v) is 2.89. The number of hydrogen-bond donors (Lipinski definition) is 0. The minimum Gasteiger partial charge on any atom is -0.460 e. The Morgan fingerprint density at radius 2 is 1.95 bits per heavy atom. The van der Waals surface area contributed by atoms with E-state index >= 15 is 0 Å². The molecule has 5 nitrogen and oxygen atoms in total. The Morgan fingerprint density at radius 1 is 1.30 bits per heavy atom. The first kappa shape index (κ1) is 14.1. The Balaban J connectivity index is 2.29. The number of esters is 1.